The van der Waals surface area contributed by atoms with Gasteiger partial charge < -0.3 is 24.8 Å². The van der Waals surface area contributed by atoms with Crippen LogP contribution in [-0.4, -0.2) is 70.1 Å². The van der Waals surface area contributed by atoms with Gasteiger partial charge >= 0.3 is 5.97 Å². The highest BCUT2D eigenvalue weighted by Crippen LogP contribution is 2.60. The summed E-state index contributed by atoms with van der Waals surface area (Å²) in [4.78, 5) is 41.7. The van der Waals surface area contributed by atoms with Crippen molar-refractivity contribution in [2.45, 2.75) is 61.6 Å². The molecular formula is C24H30BrClN2O6. The number of hydrogen-bond donors (Lipinski definition) is 2. The number of hydrogen-bond acceptors (Lipinski definition) is 6. The molecule has 2 N–H and O–H groups in total. The van der Waals surface area contributed by atoms with Crippen molar-refractivity contribution in [1.29, 1.82) is 0 Å². The van der Waals surface area contributed by atoms with Crippen molar-refractivity contribution < 1.29 is 29.0 Å². The minimum absolute atomic E-state index is 0.125. The molecular weight excluding hydrogens is 528 g/mol. The van der Waals surface area contributed by atoms with E-state index in [1.165, 1.54) is 0 Å². The smallest absolute Gasteiger partial charge is 0.312 e. The summed E-state index contributed by atoms with van der Waals surface area (Å²) in [7, 11) is 0. The number of unbranched alkanes of at least 4 members (excludes halogenated alkanes) is 3. The first-order chi connectivity index (χ1) is 16.4. The number of anilines is 1. The van der Waals surface area contributed by atoms with Gasteiger partial charge in [0, 0.05) is 18.0 Å². The molecule has 3 aliphatic rings. The molecule has 2 bridgehead atoms. The van der Waals surface area contributed by atoms with Crippen LogP contribution < -0.4 is 5.32 Å². The lowest BCUT2D eigenvalue weighted by molar-refractivity contribution is -0.154. The minimum atomic E-state index is -1.12. The Morgan fingerprint density at radius 1 is 1.29 bits per heavy atom. The molecule has 0 saturated carbocycles. The van der Waals surface area contributed by atoms with E-state index in [1.54, 1.807) is 36.1 Å². The Kier molecular flexibility index (Phi) is 7.86. The number of para-hydroxylation sites is 1. The summed E-state index contributed by atoms with van der Waals surface area (Å²) in [6.45, 7) is 2.41. The lowest BCUT2D eigenvalue weighted by atomic mass is 9.70. The first kappa shape index (κ1) is 25.4. The molecule has 0 aromatic heterocycles. The van der Waals surface area contributed by atoms with Crippen LogP contribution in [0.15, 0.2) is 24.3 Å². The van der Waals surface area contributed by atoms with Crippen LogP contribution in [0.4, 0.5) is 5.69 Å². The van der Waals surface area contributed by atoms with Gasteiger partial charge in [0.05, 0.1) is 35.3 Å². The quantitative estimate of drug-likeness (QED) is 0.260. The first-order valence-corrected chi connectivity index (χ1v) is 13.1. The number of esters is 1. The largest absolute Gasteiger partial charge is 0.466 e. The number of halogens is 2. The Balaban J connectivity index is 1.65. The summed E-state index contributed by atoms with van der Waals surface area (Å²) in [5, 5.41) is 12.3. The molecule has 3 fully saturated rings. The highest BCUT2D eigenvalue weighted by molar-refractivity contribution is 9.09. The fourth-order valence-corrected chi connectivity index (χ4v) is 6.82. The lowest BCUT2D eigenvalue weighted by Gasteiger charge is -2.34. The number of amides is 2. The predicted octanol–water partition coefficient (Wildman–Crippen LogP) is 3.14. The second kappa shape index (κ2) is 10.5. The third kappa shape index (κ3) is 4.36. The summed E-state index contributed by atoms with van der Waals surface area (Å²) in [5.41, 5.74) is -0.668. The maximum atomic E-state index is 13.7. The van der Waals surface area contributed by atoms with E-state index in [0.29, 0.717) is 36.5 Å². The van der Waals surface area contributed by atoms with E-state index >= 15 is 0 Å². The zero-order chi connectivity index (χ0) is 24.5. The molecule has 3 saturated heterocycles. The van der Waals surface area contributed by atoms with Gasteiger partial charge in [-0.1, -0.05) is 52.5 Å². The van der Waals surface area contributed by atoms with Gasteiger partial charge in [0.2, 0.25) is 11.8 Å². The molecule has 6 atom stereocenters. The lowest BCUT2D eigenvalue weighted by Crippen LogP contribution is -2.54. The van der Waals surface area contributed by atoms with Gasteiger partial charge in [0.1, 0.15) is 11.6 Å². The number of aliphatic hydroxyl groups excluding tert-OH is 1. The van der Waals surface area contributed by atoms with Crippen LogP contribution in [0.1, 0.15) is 39.0 Å². The molecule has 10 heteroatoms. The van der Waals surface area contributed by atoms with Crippen LogP contribution in [0.5, 0.6) is 0 Å². The van der Waals surface area contributed by atoms with Crippen molar-refractivity contribution >= 4 is 51.0 Å². The second-order valence-electron chi connectivity index (χ2n) is 9.05. The van der Waals surface area contributed by atoms with E-state index in [4.69, 9.17) is 26.2 Å². The van der Waals surface area contributed by atoms with Gasteiger partial charge in [-0.15, -0.1) is 0 Å². The van der Waals surface area contributed by atoms with Crippen molar-refractivity contribution in [2.24, 2.45) is 11.8 Å². The number of aliphatic hydroxyl groups is 1. The Morgan fingerprint density at radius 3 is 2.74 bits per heavy atom. The number of likely N-dealkylation sites (tertiary alicyclic amines) is 1. The Morgan fingerprint density at radius 2 is 2.03 bits per heavy atom. The molecule has 2 amide bonds. The fraction of sp³-hybridized carbons (Fsp3) is 0.625. The van der Waals surface area contributed by atoms with E-state index in [1.807, 2.05) is 0 Å². The summed E-state index contributed by atoms with van der Waals surface area (Å²) in [6, 6.07) is 6.02. The molecule has 1 aromatic carbocycles. The topological polar surface area (TPSA) is 105 Å². The van der Waals surface area contributed by atoms with Crippen molar-refractivity contribution in [2.75, 3.05) is 25.1 Å². The Hall–Kier alpha value is -1.68. The second-order valence-corrected chi connectivity index (χ2v) is 10.6. The van der Waals surface area contributed by atoms with Gasteiger partial charge in [-0.05, 0) is 38.3 Å². The molecule has 34 heavy (non-hydrogen) atoms. The molecule has 1 unspecified atom stereocenters. The van der Waals surface area contributed by atoms with Crippen LogP contribution in [-0.2, 0) is 23.9 Å². The Labute approximate surface area is 212 Å². The monoisotopic (exact) mass is 556 g/mol. The molecule has 186 valence electrons. The maximum Gasteiger partial charge on any atom is 0.312 e. The first-order valence-electron chi connectivity index (χ1n) is 11.8. The zero-order valence-corrected chi connectivity index (χ0v) is 21.4. The third-order valence-corrected chi connectivity index (χ3v) is 8.21. The van der Waals surface area contributed by atoms with Crippen LogP contribution in [0.2, 0.25) is 5.02 Å². The highest BCUT2D eigenvalue weighted by atomic mass is 79.9. The van der Waals surface area contributed by atoms with Crippen molar-refractivity contribution in [3.8, 4) is 0 Å². The number of ether oxygens (including phenoxy) is 2. The molecule has 0 aliphatic carbocycles. The average molecular weight is 558 g/mol. The molecule has 8 nitrogen and oxygen atoms in total. The van der Waals surface area contributed by atoms with E-state index in [2.05, 4.69) is 21.2 Å². The average Bonchev–Trinajstić information content (AvgIpc) is 3.39. The molecule has 0 radical (unpaired) electrons. The predicted molar refractivity (Wildman–Crippen MR) is 130 cm³/mol. The van der Waals surface area contributed by atoms with Crippen molar-refractivity contribution in [1.82, 2.24) is 4.90 Å². The van der Waals surface area contributed by atoms with Gasteiger partial charge in [-0.2, -0.15) is 0 Å². The number of benzene rings is 1. The summed E-state index contributed by atoms with van der Waals surface area (Å²) < 4.78 is 11.7. The summed E-state index contributed by atoms with van der Waals surface area (Å²) >= 11 is 9.89. The van der Waals surface area contributed by atoms with E-state index in [9.17, 15) is 14.4 Å². The van der Waals surface area contributed by atoms with Gasteiger partial charge in [-0.3, -0.25) is 14.4 Å². The number of rotatable bonds is 10. The molecule has 1 aromatic rings. The number of nitrogens with zero attached hydrogens (tertiary/aromatic N) is 1. The van der Waals surface area contributed by atoms with Crippen LogP contribution >= 0.6 is 27.5 Å². The number of carbonyl (C=O) groups is 3. The van der Waals surface area contributed by atoms with Crippen LogP contribution in [0, 0.1) is 11.8 Å². The highest BCUT2D eigenvalue weighted by Gasteiger charge is 2.76. The van der Waals surface area contributed by atoms with Crippen LogP contribution in [0.25, 0.3) is 0 Å². The number of alkyl halides is 1. The minimum Gasteiger partial charge on any atom is -0.466 e. The van der Waals surface area contributed by atoms with Crippen molar-refractivity contribution in [3.63, 3.8) is 0 Å². The van der Waals surface area contributed by atoms with Gasteiger partial charge in [0.25, 0.3) is 0 Å². The molecule has 1 spiro atoms. The number of carbonyl (C=O) groups excluding carboxylic acids is 3. The fourth-order valence-electron chi connectivity index (χ4n) is 5.69. The summed E-state index contributed by atoms with van der Waals surface area (Å²) in [6.07, 6.45) is 2.92. The van der Waals surface area contributed by atoms with Gasteiger partial charge in [-0.25, -0.2) is 0 Å². The van der Waals surface area contributed by atoms with E-state index < -0.39 is 35.6 Å². The summed E-state index contributed by atoms with van der Waals surface area (Å²) in [5.74, 6) is -2.64. The standard InChI is InChI=1S/C24H30BrClN2O6/c1-2-33-23(32)17-18-22(31)28(11-7-3-4-8-12-29)20(24(18)13-14(25)19(17)34-24)21(30)27-16-10-6-5-9-15(16)26/h5-6,9-10,14,17-20,29H,2-4,7-8,11-13H2,1H3,(H,27,30)/t14?,17-,18+,19-,20-,24+/m0/s1. The number of fused-ring (bicyclic) bond motifs is 1. The molecule has 3 aliphatic heterocycles. The van der Waals surface area contributed by atoms with E-state index in [0.717, 1.165) is 12.8 Å². The number of nitrogens with one attached hydrogen (secondary N) is 1. The third-order valence-electron chi connectivity index (χ3n) is 7.04. The maximum absolute atomic E-state index is 13.7. The molecule has 3 heterocycles. The van der Waals surface area contributed by atoms with Crippen LogP contribution in [0.3, 0.4) is 0 Å². The van der Waals surface area contributed by atoms with Crippen molar-refractivity contribution in [3.05, 3.63) is 29.3 Å². The SMILES string of the molecule is CCOC(=O)[C@@H]1[C@H]2O[C@@]3(CC2Br)[C@H](C(=O)Nc2ccccc2Cl)N(CCCCCCO)C(=O)[C@@H]13. The normalized spacial score (nSPS) is 31.6. The Bertz CT molecular complexity index is 948. The molecule has 4 rings (SSSR count). The zero-order valence-electron chi connectivity index (χ0n) is 19.0. The van der Waals surface area contributed by atoms with Gasteiger partial charge in [0.15, 0.2) is 0 Å². The van der Waals surface area contributed by atoms with E-state index in [-0.39, 0.29) is 29.9 Å².